The topological polar surface area (TPSA) is 30.2 Å². The normalized spacial score (nSPS) is 14.9. The number of aromatic nitrogens is 2. The molecular formula is C12H13F4N3. The molecule has 0 N–H and O–H groups in total. The predicted molar refractivity (Wildman–Crippen MR) is 64.8 cm³/mol. The number of allylic oxidation sites excluding steroid dienone is 3. The van der Waals surface area contributed by atoms with E-state index in [1.54, 1.807) is 0 Å². The largest absolute Gasteiger partial charge is 0.394 e. The maximum atomic E-state index is 14.0. The SMILES string of the molecule is C=C/C(=C\C=N/C)C(F)n1ccc(CC(F)(F)F)n1. The van der Waals surface area contributed by atoms with E-state index < -0.39 is 18.9 Å². The van der Waals surface area contributed by atoms with Gasteiger partial charge in [0.05, 0.1) is 12.1 Å². The number of halogens is 4. The van der Waals surface area contributed by atoms with Crippen LogP contribution < -0.4 is 0 Å². The van der Waals surface area contributed by atoms with E-state index in [9.17, 15) is 17.6 Å². The zero-order chi connectivity index (χ0) is 14.5. The molecule has 0 aromatic carbocycles. The Bertz CT molecular complexity index is 485. The van der Waals surface area contributed by atoms with Gasteiger partial charge in [0.2, 0.25) is 6.30 Å². The molecule has 1 aromatic heterocycles. The summed E-state index contributed by atoms with van der Waals surface area (Å²) in [5, 5.41) is 3.56. The molecule has 1 rings (SSSR count). The Morgan fingerprint density at radius 2 is 2.26 bits per heavy atom. The summed E-state index contributed by atoms with van der Waals surface area (Å²) in [6, 6.07) is 1.13. The van der Waals surface area contributed by atoms with E-state index in [0.717, 1.165) is 16.9 Å². The van der Waals surface area contributed by atoms with E-state index >= 15 is 0 Å². The van der Waals surface area contributed by atoms with Crippen molar-refractivity contribution in [3.63, 3.8) is 0 Å². The van der Waals surface area contributed by atoms with Crippen LogP contribution in [-0.2, 0) is 6.42 Å². The van der Waals surface area contributed by atoms with Crippen molar-refractivity contribution in [3.05, 3.63) is 42.3 Å². The van der Waals surface area contributed by atoms with Gasteiger partial charge in [0.25, 0.3) is 0 Å². The van der Waals surface area contributed by atoms with Crippen molar-refractivity contribution in [2.24, 2.45) is 4.99 Å². The molecule has 1 atom stereocenters. The van der Waals surface area contributed by atoms with Crippen LogP contribution in [0.3, 0.4) is 0 Å². The highest BCUT2D eigenvalue weighted by atomic mass is 19.4. The second-order valence-electron chi connectivity index (χ2n) is 3.69. The lowest BCUT2D eigenvalue weighted by Gasteiger charge is -2.09. The molecular weight excluding hydrogens is 262 g/mol. The lowest BCUT2D eigenvalue weighted by Crippen LogP contribution is -2.13. The summed E-state index contributed by atoms with van der Waals surface area (Å²) in [4.78, 5) is 3.66. The van der Waals surface area contributed by atoms with Crippen LogP contribution in [0.2, 0.25) is 0 Å². The second kappa shape index (κ2) is 6.31. The first-order valence-electron chi connectivity index (χ1n) is 5.37. The molecule has 0 saturated carbocycles. The molecule has 0 aliphatic heterocycles. The minimum Gasteiger partial charge on any atom is -0.296 e. The van der Waals surface area contributed by atoms with E-state index in [2.05, 4.69) is 16.7 Å². The third-order valence-corrected chi connectivity index (χ3v) is 2.20. The molecule has 7 heteroatoms. The average Bonchev–Trinajstić information content (AvgIpc) is 2.75. The molecule has 19 heavy (non-hydrogen) atoms. The van der Waals surface area contributed by atoms with Crippen molar-refractivity contribution in [1.82, 2.24) is 9.78 Å². The first-order valence-corrected chi connectivity index (χ1v) is 5.37. The van der Waals surface area contributed by atoms with Crippen LogP contribution in [0.4, 0.5) is 17.6 Å². The molecule has 1 unspecified atom stereocenters. The quantitative estimate of drug-likeness (QED) is 0.461. The van der Waals surface area contributed by atoms with Crippen LogP contribution in [-0.4, -0.2) is 29.2 Å². The Balaban J connectivity index is 2.88. The summed E-state index contributed by atoms with van der Waals surface area (Å²) in [5.41, 5.74) is -0.0741. The van der Waals surface area contributed by atoms with Crippen LogP contribution in [0, 0.1) is 0 Å². The van der Waals surface area contributed by atoms with Crippen LogP contribution in [0.25, 0.3) is 0 Å². The van der Waals surface area contributed by atoms with Crippen LogP contribution >= 0.6 is 0 Å². The highest BCUT2D eigenvalue weighted by Gasteiger charge is 2.29. The van der Waals surface area contributed by atoms with Gasteiger partial charge in [0, 0.05) is 25.0 Å². The van der Waals surface area contributed by atoms with Crippen molar-refractivity contribution in [2.75, 3.05) is 7.05 Å². The fourth-order valence-electron chi connectivity index (χ4n) is 1.36. The summed E-state index contributed by atoms with van der Waals surface area (Å²) in [6.07, 6.45) is -2.08. The van der Waals surface area contributed by atoms with Crippen molar-refractivity contribution in [2.45, 2.75) is 18.9 Å². The van der Waals surface area contributed by atoms with E-state index in [-0.39, 0.29) is 11.3 Å². The van der Waals surface area contributed by atoms with Gasteiger partial charge in [-0.1, -0.05) is 12.7 Å². The Hall–Kier alpha value is -1.92. The molecule has 0 bridgehead atoms. The molecule has 0 aliphatic rings. The van der Waals surface area contributed by atoms with Gasteiger partial charge in [-0.05, 0) is 12.1 Å². The standard InChI is InChI=1S/C12H13F4N3/c1-3-9(4-6-17-2)11(13)19-7-5-10(18-19)8-12(14,15)16/h3-7,11H,1,8H2,2H3/b9-4+,17-6-. The molecule has 1 aromatic rings. The van der Waals surface area contributed by atoms with Gasteiger partial charge in [0.15, 0.2) is 0 Å². The van der Waals surface area contributed by atoms with Gasteiger partial charge >= 0.3 is 6.18 Å². The molecule has 0 radical (unpaired) electrons. The number of hydrogen-bond acceptors (Lipinski definition) is 2. The van der Waals surface area contributed by atoms with Crippen LogP contribution in [0.1, 0.15) is 12.0 Å². The molecule has 1 heterocycles. The zero-order valence-electron chi connectivity index (χ0n) is 10.2. The number of alkyl halides is 4. The predicted octanol–water partition coefficient (Wildman–Crippen LogP) is 3.27. The van der Waals surface area contributed by atoms with Gasteiger partial charge < -0.3 is 0 Å². The molecule has 0 fully saturated rings. The Labute approximate surface area is 108 Å². The van der Waals surface area contributed by atoms with Crippen molar-refractivity contribution >= 4 is 6.21 Å². The monoisotopic (exact) mass is 275 g/mol. The van der Waals surface area contributed by atoms with Gasteiger partial charge in [-0.25, -0.2) is 9.07 Å². The lowest BCUT2D eigenvalue weighted by molar-refractivity contribution is -0.127. The smallest absolute Gasteiger partial charge is 0.296 e. The van der Waals surface area contributed by atoms with Gasteiger partial charge in [-0.2, -0.15) is 18.3 Å². The molecule has 0 spiro atoms. The molecule has 3 nitrogen and oxygen atoms in total. The number of nitrogens with zero attached hydrogens (tertiary/aromatic N) is 3. The molecule has 0 amide bonds. The molecule has 104 valence electrons. The fourth-order valence-corrected chi connectivity index (χ4v) is 1.36. The minimum atomic E-state index is -4.36. The third-order valence-electron chi connectivity index (χ3n) is 2.20. The van der Waals surface area contributed by atoms with Crippen molar-refractivity contribution in [3.8, 4) is 0 Å². The maximum absolute atomic E-state index is 14.0. The summed E-state index contributed by atoms with van der Waals surface area (Å²) >= 11 is 0. The summed E-state index contributed by atoms with van der Waals surface area (Å²) in [7, 11) is 1.51. The maximum Gasteiger partial charge on any atom is 0.394 e. The van der Waals surface area contributed by atoms with Gasteiger partial charge in [-0.3, -0.25) is 4.99 Å². The fraction of sp³-hybridized carbons (Fsp3) is 0.333. The first kappa shape index (κ1) is 15.1. The highest BCUT2D eigenvalue weighted by molar-refractivity contribution is 5.72. The van der Waals surface area contributed by atoms with E-state index in [0.29, 0.717) is 0 Å². The molecule has 0 saturated heterocycles. The van der Waals surface area contributed by atoms with Crippen molar-refractivity contribution in [1.29, 1.82) is 0 Å². The Morgan fingerprint density at radius 1 is 1.58 bits per heavy atom. The van der Waals surface area contributed by atoms with E-state index in [1.165, 1.54) is 25.4 Å². The Kier molecular flexibility index (Phi) is 5.02. The minimum absolute atomic E-state index is 0.159. The number of rotatable bonds is 5. The zero-order valence-corrected chi connectivity index (χ0v) is 10.2. The van der Waals surface area contributed by atoms with Crippen LogP contribution in [0.5, 0.6) is 0 Å². The highest BCUT2D eigenvalue weighted by Crippen LogP contribution is 2.23. The summed E-state index contributed by atoms with van der Waals surface area (Å²) < 4.78 is 51.3. The summed E-state index contributed by atoms with van der Waals surface area (Å²) in [5.74, 6) is 0. The van der Waals surface area contributed by atoms with Crippen molar-refractivity contribution < 1.29 is 17.6 Å². The number of aliphatic imine (C=N–C) groups is 1. The van der Waals surface area contributed by atoms with Gasteiger partial charge in [-0.15, -0.1) is 0 Å². The summed E-state index contributed by atoms with van der Waals surface area (Å²) in [6.45, 7) is 3.44. The van der Waals surface area contributed by atoms with E-state index in [1.807, 2.05) is 0 Å². The Morgan fingerprint density at radius 3 is 2.79 bits per heavy atom. The van der Waals surface area contributed by atoms with Crippen LogP contribution in [0.15, 0.2) is 41.6 Å². The lowest BCUT2D eigenvalue weighted by atomic mass is 10.2. The second-order valence-corrected chi connectivity index (χ2v) is 3.69. The van der Waals surface area contributed by atoms with E-state index in [4.69, 9.17) is 0 Å². The average molecular weight is 275 g/mol. The third kappa shape index (κ3) is 4.69. The molecule has 0 aliphatic carbocycles. The van der Waals surface area contributed by atoms with Gasteiger partial charge in [0.1, 0.15) is 0 Å². The number of hydrogen-bond donors (Lipinski definition) is 0. The first-order chi connectivity index (χ1) is 8.87.